The Morgan fingerprint density at radius 3 is 1.00 bits per heavy atom. The van der Waals surface area contributed by atoms with E-state index in [0.29, 0.717) is 0 Å². The van der Waals surface area contributed by atoms with Crippen molar-refractivity contribution in [2.24, 2.45) is 0 Å². The Hall–Kier alpha value is 2.62. The number of hydrogen-bond acceptors (Lipinski definition) is 0. The molecule has 0 unspecified atom stereocenters. The van der Waals surface area contributed by atoms with Crippen molar-refractivity contribution in [3.05, 3.63) is 0 Å². The van der Waals surface area contributed by atoms with Gasteiger partial charge in [-0.2, -0.15) is 0 Å². The summed E-state index contributed by atoms with van der Waals surface area (Å²) in [6.45, 7) is 0. The van der Waals surface area contributed by atoms with Gasteiger partial charge in [0.2, 0.25) is 0 Å². The van der Waals surface area contributed by atoms with Gasteiger partial charge in [0.15, 0.2) is 17.4 Å². The van der Waals surface area contributed by atoms with Crippen molar-refractivity contribution in [3.63, 3.8) is 0 Å². The van der Waals surface area contributed by atoms with E-state index in [4.69, 9.17) is 0 Å². The first kappa shape index (κ1) is 30.5. The van der Waals surface area contributed by atoms with Gasteiger partial charge in [-0.05, 0) is 0 Å². The van der Waals surface area contributed by atoms with E-state index in [1.807, 2.05) is 0 Å². The fraction of sp³-hybridized carbons (Fsp3) is 0. The first-order valence-corrected chi connectivity index (χ1v) is 0. The van der Waals surface area contributed by atoms with Gasteiger partial charge in [0.25, 0.3) is 0 Å². The number of hydrogen-bond donors (Lipinski definition) is 0. The van der Waals surface area contributed by atoms with Crippen LogP contribution in [0.25, 0.3) is 0 Å². The van der Waals surface area contributed by atoms with Crippen LogP contribution in [0.15, 0.2) is 0 Å². The Labute approximate surface area is 80.2 Å². The third-order valence-corrected chi connectivity index (χ3v) is 0. The summed E-state index contributed by atoms with van der Waals surface area (Å²) in [5, 5.41) is 0. The monoisotopic (exact) mass is 243 g/mol. The van der Waals surface area contributed by atoms with Crippen LogP contribution in [0.4, 0.5) is 0 Å². The van der Waals surface area contributed by atoms with E-state index in [2.05, 4.69) is 0 Å². The van der Waals surface area contributed by atoms with E-state index < -0.39 is 0 Å². The summed E-state index contributed by atoms with van der Waals surface area (Å²) < 4.78 is 0. The molecule has 4 heavy (non-hydrogen) atoms. The maximum absolute atomic E-state index is 0. The average molecular weight is 243 g/mol. The van der Waals surface area contributed by atoms with Gasteiger partial charge < -0.3 is 0 Å². The summed E-state index contributed by atoms with van der Waals surface area (Å²) in [4.78, 5) is 0. The molecule has 0 bridgehead atoms. The van der Waals surface area contributed by atoms with Gasteiger partial charge in [0.1, 0.15) is 0 Å². The van der Waals surface area contributed by atoms with E-state index in [0.717, 1.165) is 0 Å². The second-order valence-electron chi connectivity index (χ2n) is 0. The molecule has 0 aliphatic heterocycles. The maximum atomic E-state index is 0. The Balaban J connectivity index is 0. The topological polar surface area (TPSA) is 0 Å². The normalized spacial score (nSPS) is 0. The van der Waals surface area contributed by atoms with E-state index in [1.54, 1.807) is 0 Å². The molecular formula is H9AlCuMgSn. The molecule has 4 heteroatoms. The van der Waals surface area contributed by atoms with Crippen molar-refractivity contribution < 1.29 is 17.1 Å². The fourth-order valence-corrected chi connectivity index (χ4v) is 0. The van der Waals surface area contributed by atoms with Crippen molar-refractivity contribution >= 4 is 64.3 Å². The minimum absolute atomic E-state index is 0. The summed E-state index contributed by atoms with van der Waals surface area (Å²) >= 11 is 0. The Morgan fingerprint density at radius 2 is 1.00 bits per heavy atom. The first-order chi connectivity index (χ1) is 0. The van der Waals surface area contributed by atoms with Crippen LogP contribution in [-0.2, 0) is 17.1 Å². The second kappa shape index (κ2) is 17.5. The quantitative estimate of drug-likeness (QED) is 0.386. The molecule has 0 aromatic heterocycles. The van der Waals surface area contributed by atoms with E-state index >= 15 is 0 Å². The summed E-state index contributed by atoms with van der Waals surface area (Å²) in [7, 11) is 0. The molecule has 29 valence electrons. The first-order valence-electron chi connectivity index (χ1n) is 0. The molecule has 0 atom stereocenters. The molecule has 0 rings (SSSR count). The third-order valence-electron chi connectivity index (χ3n) is 0. The van der Waals surface area contributed by atoms with Crippen molar-refractivity contribution in [1.82, 2.24) is 0 Å². The van der Waals surface area contributed by atoms with Crippen molar-refractivity contribution in [2.45, 2.75) is 0 Å². The zero-order chi connectivity index (χ0) is 0. The number of rotatable bonds is 0. The van der Waals surface area contributed by atoms with E-state index in [-0.39, 0.29) is 81.4 Å². The molecule has 0 aliphatic carbocycles. The van der Waals surface area contributed by atoms with Crippen LogP contribution in [0.5, 0.6) is 0 Å². The third kappa shape index (κ3) is 8.82. The summed E-state index contributed by atoms with van der Waals surface area (Å²) in [6, 6.07) is 0. The van der Waals surface area contributed by atoms with Crippen molar-refractivity contribution in [1.29, 1.82) is 0 Å². The standard InChI is InChI=1S/Al.Cu.Mg.Sn.9H. The molecule has 0 saturated carbocycles. The molecule has 0 heterocycles. The summed E-state index contributed by atoms with van der Waals surface area (Å²) in [5.41, 5.74) is 0. The van der Waals surface area contributed by atoms with Gasteiger partial charge in [-0.1, -0.05) is 0 Å². The van der Waals surface area contributed by atoms with E-state index in [9.17, 15) is 0 Å². The van der Waals surface area contributed by atoms with Crippen LogP contribution in [0, 0.1) is 0 Å². The van der Waals surface area contributed by atoms with Gasteiger partial charge >= 0.3 is 47.0 Å². The van der Waals surface area contributed by atoms with Crippen LogP contribution in [-0.4, -0.2) is 64.3 Å². The minimum atomic E-state index is 0. The van der Waals surface area contributed by atoms with Gasteiger partial charge in [-0.25, -0.2) is 0 Å². The SMILES string of the molecule is [AlH3].[Cu].[MgH2].[SnH4]. The molecule has 1 radical (unpaired) electrons. The zero-order valence-electron chi connectivity index (χ0n) is 0.302. The zero-order valence-corrected chi connectivity index (χ0v) is 1.24. The molecule has 0 aromatic rings. The summed E-state index contributed by atoms with van der Waals surface area (Å²) in [6.07, 6.45) is 0. The van der Waals surface area contributed by atoms with Crippen LogP contribution in [0.2, 0.25) is 0 Å². The Morgan fingerprint density at radius 1 is 1.00 bits per heavy atom. The van der Waals surface area contributed by atoms with Crippen molar-refractivity contribution in [3.8, 4) is 0 Å². The molecule has 0 N–H and O–H groups in total. The van der Waals surface area contributed by atoms with Crippen molar-refractivity contribution in [2.75, 3.05) is 0 Å². The Kier molecular flexibility index (Phi) is 133. The van der Waals surface area contributed by atoms with Gasteiger partial charge in [0.05, 0.1) is 0 Å². The van der Waals surface area contributed by atoms with Crippen LogP contribution in [0.1, 0.15) is 0 Å². The molecule has 0 aliphatic rings. The molecule has 0 amide bonds. The fourth-order valence-electron chi connectivity index (χ4n) is 0. The molecule has 0 fully saturated rings. The predicted octanol–water partition coefficient (Wildman–Crippen LogP) is -3.55. The average Bonchev–Trinajstić information content (AvgIpc) is 0. The second-order valence-corrected chi connectivity index (χ2v) is 0. The van der Waals surface area contributed by atoms with Gasteiger partial charge in [-0.15, -0.1) is 0 Å². The molecule has 0 aromatic carbocycles. The summed E-state index contributed by atoms with van der Waals surface area (Å²) in [5.74, 6) is 0. The van der Waals surface area contributed by atoms with E-state index in [1.165, 1.54) is 0 Å². The van der Waals surface area contributed by atoms with Crippen LogP contribution in [0.3, 0.4) is 0 Å². The molecular weight excluding hydrogens is 234 g/mol. The molecule has 0 spiro atoms. The molecule has 0 nitrogen and oxygen atoms in total. The molecule has 0 saturated heterocycles. The van der Waals surface area contributed by atoms with Gasteiger partial charge in [-0.3, -0.25) is 0 Å². The Bertz CT molecular complexity index is 8.00. The predicted molar refractivity (Wildman–Crippen MR) is 29.8 cm³/mol. The van der Waals surface area contributed by atoms with Crippen LogP contribution < -0.4 is 0 Å². The van der Waals surface area contributed by atoms with Gasteiger partial charge in [0, 0.05) is 17.1 Å². The van der Waals surface area contributed by atoms with Crippen LogP contribution >= 0.6 is 0 Å².